The molecular weight excluding hydrogens is 1840 g/mol. The van der Waals surface area contributed by atoms with E-state index in [1.807, 2.05) is 130 Å². The van der Waals surface area contributed by atoms with Gasteiger partial charge in [0.05, 0.1) is 28.5 Å². The van der Waals surface area contributed by atoms with Gasteiger partial charge in [0.2, 0.25) is 4.73 Å². The molecule has 21 heteroatoms. The molecular formula is C92H91BBrF4Ir2N11O2-. The number of aryl methyl sites for hydroxylation is 2. The SMILES string of the molecule is Brc1nncn1-c1c(-c2ccccc2)cccc1-c1ccccc1.C.C.C1CCCCCCC1.C[CH-]C.C[CH-]C.Cc1nc2cc(-c3nncn3-c3c(-c4ccccc4)cccc3-c3ccccc3)[c-]cc2o1.Cc1nc2cc(-c3nncn3-c3c(-c4ccccc4)cccc3-c3ccccc3)ccc2o1.F[B-](F)(F)F.[Ir+3].[Ir]. The molecule has 17 rings (SSSR count). The number of nitrogens with zero attached hydrogens (tertiary/aromatic N) is 11. The Balaban J connectivity index is 0.000000209. The van der Waals surface area contributed by atoms with Crippen LogP contribution in [0.25, 0.3) is 129 Å². The third kappa shape index (κ3) is 24.2. The van der Waals surface area contributed by atoms with Crippen LogP contribution in [0.2, 0.25) is 0 Å². The largest absolute Gasteiger partial charge is 3.00 e. The first kappa shape index (κ1) is 89.5. The zero-order chi connectivity index (χ0) is 76.3. The topological polar surface area (TPSA) is 144 Å². The summed E-state index contributed by atoms with van der Waals surface area (Å²) in [6, 6.07) is 94.3. The maximum absolute atomic E-state index is 9.75. The molecule has 16 aromatic rings. The Kier molecular flexibility index (Phi) is 35.8. The summed E-state index contributed by atoms with van der Waals surface area (Å²) in [7, 11) is -6.00. The van der Waals surface area contributed by atoms with Crippen molar-refractivity contribution in [3.63, 3.8) is 0 Å². The molecule has 113 heavy (non-hydrogen) atoms. The summed E-state index contributed by atoms with van der Waals surface area (Å²) in [5.74, 6) is 2.71. The van der Waals surface area contributed by atoms with E-state index in [-0.39, 0.29) is 55.1 Å². The van der Waals surface area contributed by atoms with Gasteiger partial charge in [0.15, 0.2) is 23.2 Å². The predicted molar refractivity (Wildman–Crippen MR) is 451 cm³/mol. The molecule has 1 aliphatic carbocycles. The molecule has 13 nitrogen and oxygen atoms in total. The van der Waals surface area contributed by atoms with Gasteiger partial charge in [-0.25, -0.2) is 9.97 Å². The van der Waals surface area contributed by atoms with E-state index in [4.69, 9.17) is 8.83 Å². The van der Waals surface area contributed by atoms with E-state index in [1.165, 1.54) is 51.4 Å². The van der Waals surface area contributed by atoms with Gasteiger partial charge in [0, 0.05) is 78.4 Å². The van der Waals surface area contributed by atoms with Gasteiger partial charge in [-0.1, -0.05) is 303 Å². The molecule has 0 atom stereocenters. The van der Waals surface area contributed by atoms with Gasteiger partial charge >= 0.3 is 27.4 Å². The summed E-state index contributed by atoms with van der Waals surface area (Å²) in [5.41, 5.74) is 21.4. The van der Waals surface area contributed by atoms with Crippen molar-refractivity contribution in [1.82, 2.24) is 54.3 Å². The molecule has 1 aliphatic rings. The molecule has 0 unspecified atom stereocenters. The minimum atomic E-state index is -6.00. The van der Waals surface area contributed by atoms with Crippen LogP contribution in [0.1, 0.15) is 106 Å². The van der Waals surface area contributed by atoms with Gasteiger partial charge in [-0.15, -0.1) is 49.3 Å². The zero-order valence-electron chi connectivity index (χ0n) is 62.3. The second-order valence-electron chi connectivity index (χ2n) is 25.5. The standard InChI is InChI=1S/C28H20N4O.C28H19N4O.C20H14BrN3.C8H16.2C3H7.2CH4.BF4.2Ir/c2*1-19-30-25-17-22(15-16-26(25)33-19)28-31-29-18-32(28)27-23(20-9-4-2-5-10-20)13-8-14-24(27)21-11-6-3-7-12-21;21-20-23-22-14-24(20)19-17(15-8-3-1-4-9-15)12-7-13-18(19)16-10-5-2-6-11-16;1-2-4-6-8-7-5-3-1;2*1-3-2;;;2-1(3,4)5;;/h2-18H,1H3;2-14,16-18H,1H3;1-14H;1-8H2;2*3H,1-2H3;2*1H4;;;/q;-1;;;2*-1;;;-1;;+3. The fourth-order valence-corrected chi connectivity index (χ4v) is 13.1. The molecule has 5 aromatic heterocycles. The number of hydrogen-bond donors (Lipinski definition) is 0. The molecule has 11 aromatic carbocycles. The average molecular weight is 1930 g/mol. The predicted octanol–water partition coefficient (Wildman–Crippen LogP) is 26.7. The van der Waals surface area contributed by atoms with Gasteiger partial charge < -0.3 is 43.5 Å². The Bertz CT molecular complexity index is 5010. The van der Waals surface area contributed by atoms with Crippen LogP contribution in [0.3, 0.4) is 0 Å². The molecule has 0 spiro atoms. The van der Waals surface area contributed by atoms with Crippen molar-refractivity contribution in [3.8, 4) is 107 Å². The number of benzene rings is 11. The van der Waals surface area contributed by atoms with Crippen LogP contribution < -0.4 is 0 Å². The van der Waals surface area contributed by atoms with Crippen molar-refractivity contribution in [2.75, 3.05) is 0 Å². The van der Waals surface area contributed by atoms with Crippen LogP contribution in [-0.4, -0.2) is 61.5 Å². The van der Waals surface area contributed by atoms with E-state index in [2.05, 4.69) is 267 Å². The first-order chi connectivity index (χ1) is 53.2. The Morgan fingerprint density at radius 3 is 0.982 bits per heavy atom. The molecule has 1 saturated carbocycles. The van der Waals surface area contributed by atoms with E-state index in [0.29, 0.717) is 27.9 Å². The van der Waals surface area contributed by atoms with Gasteiger partial charge in [-0.2, -0.15) is 32.8 Å². The number of fused-ring (bicyclic) bond motifs is 2. The van der Waals surface area contributed by atoms with Crippen molar-refractivity contribution < 1.29 is 66.3 Å². The Labute approximate surface area is 696 Å². The van der Waals surface area contributed by atoms with Crippen molar-refractivity contribution in [1.29, 1.82) is 0 Å². The maximum Gasteiger partial charge on any atom is 3.00 e. The van der Waals surface area contributed by atoms with Crippen LogP contribution in [0.4, 0.5) is 17.3 Å². The molecule has 0 bridgehead atoms. The zero-order valence-corrected chi connectivity index (χ0v) is 68.7. The first-order valence-electron chi connectivity index (χ1n) is 36.3. The molecule has 1 fully saturated rings. The third-order valence-electron chi connectivity index (χ3n) is 17.4. The number of aromatic nitrogens is 11. The van der Waals surface area contributed by atoms with E-state index < -0.39 is 7.25 Å². The summed E-state index contributed by atoms with van der Waals surface area (Å²) in [4.78, 5) is 8.96. The van der Waals surface area contributed by atoms with Gasteiger partial charge in [0.1, 0.15) is 24.5 Å². The number of halogens is 5. The van der Waals surface area contributed by atoms with Crippen LogP contribution in [0.15, 0.2) is 299 Å². The number of hydrogen-bond acceptors (Lipinski definition) is 10. The molecule has 5 heterocycles. The summed E-state index contributed by atoms with van der Waals surface area (Å²) in [5, 5.41) is 25.7. The second-order valence-corrected chi connectivity index (χ2v) is 26.3. The summed E-state index contributed by atoms with van der Waals surface area (Å²) >= 11 is 3.51. The Morgan fingerprint density at radius 1 is 0.372 bits per heavy atom. The summed E-state index contributed by atoms with van der Waals surface area (Å²) in [6.07, 6.45) is 21.3. The Hall–Kier alpha value is -10.7. The molecule has 0 saturated heterocycles. The van der Waals surface area contributed by atoms with Crippen molar-refractivity contribution in [2.24, 2.45) is 0 Å². The normalized spacial score (nSPS) is 11.4. The third-order valence-corrected chi connectivity index (χ3v) is 17.9. The van der Waals surface area contributed by atoms with Crippen molar-refractivity contribution >= 4 is 45.4 Å². The average Bonchev–Trinajstić information content (AvgIpc) is 1.79. The number of rotatable bonds is 11. The molecule has 583 valence electrons. The van der Waals surface area contributed by atoms with E-state index in [9.17, 15) is 17.3 Å². The fourth-order valence-electron chi connectivity index (χ4n) is 12.8. The number of oxazole rings is 2. The van der Waals surface area contributed by atoms with Gasteiger partial charge in [-0.3, -0.25) is 9.13 Å². The second kappa shape index (κ2) is 45.1. The summed E-state index contributed by atoms with van der Waals surface area (Å²) in [6.45, 7) is 11.7. The van der Waals surface area contributed by atoms with E-state index in [1.54, 1.807) is 19.0 Å². The van der Waals surface area contributed by atoms with E-state index in [0.717, 1.165) is 117 Å². The molecule has 1 radical (unpaired) electrons. The summed E-state index contributed by atoms with van der Waals surface area (Å²) < 4.78 is 57.0. The fraction of sp³-hybridized carbons (Fsp3) is 0.174. The van der Waals surface area contributed by atoms with Gasteiger partial charge in [-0.05, 0) is 67.5 Å². The van der Waals surface area contributed by atoms with Crippen LogP contribution >= 0.6 is 15.9 Å². The minimum absolute atomic E-state index is 0. The molecule has 0 aliphatic heterocycles. The van der Waals surface area contributed by atoms with Gasteiger partial charge in [0.25, 0.3) is 0 Å². The quantitative estimate of drug-likeness (QED) is 0.0697. The van der Waals surface area contributed by atoms with Crippen LogP contribution in [-0.2, 0) is 40.2 Å². The molecule has 0 N–H and O–H groups in total. The van der Waals surface area contributed by atoms with Crippen LogP contribution in [0, 0.1) is 32.8 Å². The van der Waals surface area contributed by atoms with Crippen molar-refractivity contribution in [2.45, 2.75) is 108 Å². The number of para-hydroxylation sites is 3. The minimum Gasteiger partial charge on any atom is -0.488 e. The Morgan fingerprint density at radius 2 is 0.655 bits per heavy atom. The monoisotopic (exact) mass is 1930 g/mol. The molecule has 0 amide bonds. The van der Waals surface area contributed by atoms with E-state index >= 15 is 0 Å². The first-order valence-corrected chi connectivity index (χ1v) is 37.1. The smallest absolute Gasteiger partial charge is 0.488 e. The maximum atomic E-state index is 9.75. The van der Waals surface area contributed by atoms with Crippen molar-refractivity contribution in [3.05, 3.63) is 321 Å². The van der Waals surface area contributed by atoms with Crippen LogP contribution in [0.5, 0.6) is 0 Å².